The highest BCUT2D eigenvalue weighted by molar-refractivity contribution is 5.81. The second-order valence-electron chi connectivity index (χ2n) is 6.99. The lowest BCUT2D eigenvalue weighted by Gasteiger charge is -2.21. The summed E-state index contributed by atoms with van der Waals surface area (Å²) in [5.41, 5.74) is 2.29. The summed E-state index contributed by atoms with van der Waals surface area (Å²) < 4.78 is 11.6. The predicted molar refractivity (Wildman–Crippen MR) is 105 cm³/mol. The molecule has 0 radical (unpaired) electrons. The van der Waals surface area contributed by atoms with E-state index in [1.807, 2.05) is 62.4 Å². The number of ether oxygens (including phenoxy) is 2. The maximum Gasteiger partial charge on any atom is 0.261 e. The zero-order chi connectivity index (χ0) is 19.1. The van der Waals surface area contributed by atoms with Gasteiger partial charge >= 0.3 is 0 Å². The van der Waals surface area contributed by atoms with Crippen LogP contribution in [0.1, 0.15) is 44.7 Å². The SMILES string of the molecule is Cc1ccc(OCC(C)NC(=O)C(C)Oc2ccccc2C(C)C)cc1. The normalized spacial score (nSPS) is 13.2. The van der Waals surface area contributed by atoms with Crippen molar-refractivity contribution < 1.29 is 14.3 Å². The van der Waals surface area contributed by atoms with Gasteiger partial charge in [-0.2, -0.15) is 0 Å². The molecule has 2 rings (SSSR count). The van der Waals surface area contributed by atoms with Crippen molar-refractivity contribution in [2.45, 2.75) is 52.7 Å². The van der Waals surface area contributed by atoms with Crippen LogP contribution in [0, 0.1) is 6.92 Å². The molecule has 0 aliphatic carbocycles. The number of carbonyl (C=O) groups excluding carboxylic acids is 1. The molecule has 1 amide bonds. The van der Waals surface area contributed by atoms with E-state index in [1.165, 1.54) is 5.56 Å². The van der Waals surface area contributed by atoms with E-state index < -0.39 is 6.10 Å². The largest absolute Gasteiger partial charge is 0.491 e. The topological polar surface area (TPSA) is 47.6 Å². The Hall–Kier alpha value is -2.49. The quantitative estimate of drug-likeness (QED) is 0.760. The third kappa shape index (κ3) is 5.80. The smallest absolute Gasteiger partial charge is 0.261 e. The number of rotatable bonds is 8. The van der Waals surface area contributed by atoms with Gasteiger partial charge in [0.2, 0.25) is 0 Å². The molecule has 4 heteroatoms. The monoisotopic (exact) mass is 355 g/mol. The lowest BCUT2D eigenvalue weighted by atomic mass is 10.0. The molecule has 140 valence electrons. The molecule has 2 atom stereocenters. The first kappa shape index (κ1) is 19.8. The van der Waals surface area contributed by atoms with Gasteiger partial charge in [0.25, 0.3) is 5.91 Å². The molecule has 0 spiro atoms. The summed E-state index contributed by atoms with van der Waals surface area (Å²) in [4.78, 5) is 12.4. The summed E-state index contributed by atoms with van der Waals surface area (Å²) in [5, 5.41) is 2.94. The maximum atomic E-state index is 12.4. The minimum Gasteiger partial charge on any atom is -0.491 e. The number of hydrogen-bond acceptors (Lipinski definition) is 3. The number of nitrogens with one attached hydrogen (secondary N) is 1. The summed E-state index contributed by atoms with van der Waals surface area (Å²) >= 11 is 0. The summed E-state index contributed by atoms with van der Waals surface area (Å²) in [5.74, 6) is 1.74. The van der Waals surface area contributed by atoms with Crippen LogP contribution in [0.3, 0.4) is 0 Å². The zero-order valence-corrected chi connectivity index (χ0v) is 16.3. The first-order valence-corrected chi connectivity index (χ1v) is 9.12. The summed E-state index contributed by atoms with van der Waals surface area (Å²) in [7, 11) is 0. The van der Waals surface area contributed by atoms with Crippen LogP contribution in [0.15, 0.2) is 48.5 Å². The van der Waals surface area contributed by atoms with Gasteiger partial charge in [-0.15, -0.1) is 0 Å². The Morgan fingerprint density at radius 1 is 1.00 bits per heavy atom. The van der Waals surface area contributed by atoms with E-state index in [1.54, 1.807) is 6.92 Å². The van der Waals surface area contributed by atoms with Gasteiger partial charge in [0.05, 0.1) is 6.04 Å². The summed E-state index contributed by atoms with van der Waals surface area (Å²) in [6, 6.07) is 15.6. The second-order valence-corrected chi connectivity index (χ2v) is 6.99. The molecule has 0 aromatic heterocycles. The second kappa shape index (κ2) is 9.27. The molecule has 0 bridgehead atoms. The Morgan fingerprint density at radius 2 is 1.65 bits per heavy atom. The molecule has 1 N–H and O–H groups in total. The number of amides is 1. The van der Waals surface area contributed by atoms with Gasteiger partial charge in [-0.1, -0.05) is 49.7 Å². The Bertz CT molecular complexity index is 710. The highest BCUT2D eigenvalue weighted by Crippen LogP contribution is 2.26. The van der Waals surface area contributed by atoms with Gasteiger partial charge in [-0.05, 0) is 50.5 Å². The minimum absolute atomic E-state index is 0.116. The van der Waals surface area contributed by atoms with Gasteiger partial charge in [-0.25, -0.2) is 0 Å². The van der Waals surface area contributed by atoms with Gasteiger partial charge < -0.3 is 14.8 Å². The van der Waals surface area contributed by atoms with Crippen molar-refractivity contribution >= 4 is 5.91 Å². The molecule has 2 aromatic rings. The first-order valence-electron chi connectivity index (χ1n) is 9.12. The van der Waals surface area contributed by atoms with E-state index in [0.717, 1.165) is 17.1 Å². The van der Waals surface area contributed by atoms with Crippen LogP contribution in [0.25, 0.3) is 0 Å². The molecule has 26 heavy (non-hydrogen) atoms. The van der Waals surface area contributed by atoms with Crippen molar-refractivity contribution in [3.8, 4) is 11.5 Å². The third-order valence-electron chi connectivity index (χ3n) is 4.12. The van der Waals surface area contributed by atoms with Crippen molar-refractivity contribution in [1.82, 2.24) is 5.32 Å². The number of aryl methyl sites for hydroxylation is 1. The van der Waals surface area contributed by atoms with Crippen LogP contribution in [-0.2, 0) is 4.79 Å². The molecule has 2 aromatic carbocycles. The Balaban J connectivity index is 1.85. The molecular weight excluding hydrogens is 326 g/mol. The maximum absolute atomic E-state index is 12.4. The summed E-state index contributed by atoms with van der Waals surface area (Å²) in [6.45, 7) is 10.3. The molecule has 0 heterocycles. The number of carbonyl (C=O) groups is 1. The summed E-state index contributed by atoms with van der Waals surface area (Å²) in [6.07, 6.45) is -0.572. The molecule has 0 aliphatic rings. The van der Waals surface area contributed by atoms with Gasteiger partial charge in [-0.3, -0.25) is 4.79 Å². The highest BCUT2D eigenvalue weighted by Gasteiger charge is 2.19. The molecular formula is C22H29NO3. The van der Waals surface area contributed by atoms with Crippen LogP contribution >= 0.6 is 0 Å². The molecule has 0 aliphatic heterocycles. The van der Waals surface area contributed by atoms with E-state index in [2.05, 4.69) is 19.2 Å². The van der Waals surface area contributed by atoms with Crippen LogP contribution in [-0.4, -0.2) is 24.7 Å². The van der Waals surface area contributed by atoms with Crippen LogP contribution in [0.5, 0.6) is 11.5 Å². The van der Waals surface area contributed by atoms with E-state index in [0.29, 0.717) is 12.5 Å². The van der Waals surface area contributed by atoms with E-state index in [4.69, 9.17) is 9.47 Å². The average Bonchev–Trinajstić information content (AvgIpc) is 2.61. The van der Waals surface area contributed by atoms with Crippen molar-refractivity contribution in [3.05, 3.63) is 59.7 Å². The minimum atomic E-state index is -0.572. The fourth-order valence-electron chi connectivity index (χ4n) is 2.57. The van der Waals surface area contributed by atoms with E-state index >= 15 is 0 Å². The van der Waals surface area contributed by atoms with E-state index in [-0.39, 0.29) is 11.9 Å². The lowest BCUT2D eigenvalue weighted by Crippen LogP contribution is -2.43. The fraction of sp³-hybridized carbons (Fsp3) is 0.409. The van der Waals surface area contributed by atoms with Crippen molar-refractivity contribution in [3.63, 3.8) is 0 Å². The average molecular weight is 355 g/mol. The number of hydrogen-bond donors (Lipinski definition) is 1. The molecule has 0 saturated carbocycles. The van der Waals surface area contributed by atoms with Gasteiger partial charge in [0, 0.05) is 0 Å². The molecule has 4 nitrogen and oxygen atoms in total. The number of benzene rings is 2. The van der Waals surface area contributed by atoms with Gasteiger partial charge in [0.1, 0.15) is 18.1 Å². The zero-order valence-electron chi connectivity index (χ0n) is 16.3. The van der Waals surface area contributed by atoms with E-state index in [9.17, 15) is 4.79 Å². The highest BCUT2D eigenvalue weighted by atomic mass is 16.5. The Labute approximate surface area is 156 Å². The first-order chi connectivity index (χ1) is 12.4. The third-order valence-corrected chi connectivity index (χ3v) is 4.12. The fourth-order valence-corrected chi connectivity index (χ4v) is 2.57. The Morgan fingerprint density at radius 3 is 2.31 bits per heavy atom. The standard InChI is InChI=1S/C22H29NO3/c1-15(2)20-8-6-7-9-21(20)26-18(5)22(24)23-17(4)14-25-19-12-10-16(3)11-13-19/h6-13,15,17-18H,14H2,1-5H3,(H,23,24). The van der Waals surface area contributed by atoms with Crippen molar-refractivity contribution in [2.75, 3.05) is 6.61 Å². The van der Waals surface area contributed by atoms with Crippen molar-refractivity contribution in [1.29, 1.82) is 0 Å². The molecule has 0 saturated heterocycles. The van der Waals surface area contributed by atoms with Gasteiger partial charge in [0.15, 0.2) is 6.10 Å². The predicted octanol–water partition coefficient (Wildman–Crippen LogP) is 4.47. The molecule has 2 unspecified atom stereocenters. The van der Waals surface area contributed by atoms with Crippen LogP contribution in [0.4, 0.5) is 0 Å². The van der Waals surface area contributed by atoms with Crippen LogP contribution in [0.2, 0.25) is 0 Å². The lowest BCUT2D eigenvalue weighted by molar-refractivity contribution is -0.128. The number of para-hydroxylation sites is 1. The van der Waals surface area contributed by atoms with Crippen LogP contribution < -0.4 is 14.8 Å². The Kier molecular flexibility index (Phi) is 7.07. The molecule has 0 fully saturated rings. The van der Waals surface area contributed by atoms with Crippen molar-refractivity contribution in [2.24, 2.45) is 0 Å².